The van der Waals surface area contributed by atoms with Crippen LogP contribution in [0.3, 0.4) is 0 Å². The molecule has 3 aromatic rings. The zero-order valence-electron chi connectivity index (χ0n) is 15.0. The number of hydrogen-bond acceptors (Lipinski definition) is 5. The summed E-state index contributed by atoms with van der Waals surface area (Å²) in [7, 11) is 1.56. The first-order valence-electron chi connectivity index (χ1n) is 8.23. The van der Waals surface area contributed by atoms with Crippen molar-refractivity contribution < 1.29 is 23.5 Å². The lowest BCUT2D eigenvalue weighted by Gasteiger charge is -2.13. The quantitative estimate of drug-likeness (QED) is 0.648. The summed E-state index contributed by atoms with van der Waals surface area (Å²) in [5.74, 6) is -0.438. The van der Waals surface area contributed by atoms with Gasteiger partial charge in [-0.2, -0.15) is 0 Å². The van der Waals surface area contributed by atoms with Crippen LogP contribution in [0, 0.1) is 6.92 Å². The smallest absolute Gasteiger partial charge is 0.375 e. The van der Waals surface area contributed by atoms with Crippen LogP contribution in [0.1, 0.15) is 23.0 Å². The number of carbonyl (C=O) groups is 2. The summed E-state index contributed by atoms with van der Waals surface area (Å²) < 4.78 is 15.9. The molecule has 0 saturated carbocycles. The highest BCUT2D eigenvalue weighted by molar-refractivity contribution is 6.31. The Kier molecular flexibility index (Phi) is 5.37. The van der Waals surface area contributed by atoms with Crippen LogP contribution in [0.25, 0.3) is 11.0 Å². The highest BCUT2D eigenvalue weighted by Crippen LogP contribution is 2.28. The van der Waals surface area contributed by atoms with Crippen molar-refractivity contribution in [1.82, 2.24) is 0 Å². The molecule has 3 rings (SSSR count). The summed E-state index contributed by atoms with van der Waals surface area (Å²) in [5, 5.41) is 3.95. The van der Waals surface area contributed by atoms with E-state index in [9.17, 15) is 9.59 Å². The normalized spacial score (nSPS) is 11.9. The summed E-state index contributed by atoms with van der Waals surface area (Å²) >= 11 is 5.98. The molecule has 0 aliphatic rings. The molecule has 1 N–H and O–H groups in total. The van der Waals surface area contributed by atoms with Crippen LogP contribution in [0.15, 0.2) is 46.9 Å². The summed E-state index contributed by atoms with van der Waals surface area (Å²) in [5.41, 5.74) is 1.71. The fraction of sp³-hybridized carbons (Fsp3) is 0.200. The van der Waals surface area contributed by atoms with E-state index in [0.29, 0.717) is 27.6 Å². The Morgan fingerprint density at radius 2 is 1.85 bits per heavy atom. The van der Waals surface area contributed by atoms with Gasteiger partial charge in [-0.25, -0.2) is 4.79 Å². The zero-order valence-corrected chi connectivity index (χ0v) is 15.8. The molecule has 0 aliphatic heterocycles. The Morgan fingerprint density at radius 3 is 2.52 bits per heavy atom. The predicted molar refractivity (Wildman–Crippen MR) is 102 cm³/mol. The molecule has 140 valence electrons. The maximum absolute atomic E-state index is 12.4. The Morgan fingerprint density at radius 1 is 1.15 bits per heavy atom. The van der Waals surface area contributed by atoms with Crippen LogP contribution in [0.2, 0.25) is 5.02 Å². The number of carbonyl (C=O) groups excluding carboxylic acids is 2. The molecule has 0 radical (unpaired) electrons. The van der Waals surface area contributed by atoms with E-state index in [2.05, 4.69) is 5.32 Å². The largest absolute Gasteiger partial charge is 0.497 e. The first-order valence-corrected chi connectivity index (χ1v) is 8.61. The predicted octanol–water partition coefficient (Wildman–Crippen LogP) is 4.59. The van der Waals surface area contributed by atoms with Crippen molar-refractivity contribution in [2.75, 3.05) is 12.4 Å². The van der Waals surface area contributed by atoms with Gasteiger partial charge >= 0.3 is 5.97 Å². The minimum absolute atomic E-state index is 0.0522. The van der Waals surface area contributed by atoms with Crippen molar-refractivity contribution in [3.8, 4) is 5.75 Å². The number of esters is 1. The van der Waals surface area contributed by atoms with Crippen LogP contribution in [-0.2, 0) is 9.53 Å². The number of aryl methyl sites for hydroxylation is 1. The fourth-order valence-corrected chi connectivity index (χ4v) is 2.75. The molecule has 0 spiro atoms. The standard InChI is InChI=1S/C20H18ClNO5/c1-11-16-10-13(21)4-9-17(16)27-18(11)20(24)26-12(2)19(23)22-14-5-7-15(25-3)8-6-14/h4-10,12H,1-3H3,(H,22,23)/t12-/m1/s1. The van der Waals surface area contributed by atoms with Gasteiger partial charge in [-0.1, -0.05) is 11.6 Å². The number of amides is 1. The molecule has 0 saturated heterocycles. The molecule has 6 nitrogen and oxygen atoms in total. The number of rotatable bonds is 5. The third-order valence-corrected chi connectivity index (χ3v) is 4.33. The number of nitrogens with one attached hydrogen (secondary N) is 1. The van der Waals surface area contributed by atoms with Crippen molar-refractivity contribution in [3.63, 3.8) is 0 Å². The van der Waals surface area contributed by atoms with Gasteiger partial charge in [-0.15, -0.1) is 0 Å². The number of ether oxygens (including phenoxy) is 2. The van der Waals surface area contributed by atoms with E-state index in [1.807, 2.05) is 0 Å². The third kappa shape index (κ3) is 4.06. The SMILES string of the molecule is COc1ccc(NC(=O)[C@@H](C)OC(=O)c2oc3ccc(Cl)cc3c2C)cc1. The second-order valence-corrected chi connectivity index (χ2v) is 6.40. The molecule has 0 aliphatic carbocycles. The molecule has 7 heteroatoms. The average Bonchev–Trinajstić information content (AvgIpc) is 2.98. The van der Waals surface area contributed by atoms with E-state index in [1.165, 1.54) is 6.92 Å². The minimum Gasteiger partial charge on any atom is -0.497 e. The Hall–Kier alpha value is -2.99. The second kappa shape index (κ2) is 7.72. The van der Waals surface area contributed by atoms with E-state index in [-0.39, 0.29) is 5.76 Å². The number of furan rings is 1. The lowest BCUT2D eigenvalue weighted by Crippen LogP contribution is -2.30. The summed E-state index contributed by atoms with van der Waals surface area (Å²) in [6.07, 6.45) is -1.00. The zero-order chi connectivity index (χ0) is 19.6. The number of fused-ring (bicyclic) bond motifs is 1. The van der Waals surface area contributed by atoms with E-state index in [4.69, 9.17) is 25.5 Å². The molecule has 0 unspecified atom stereocenters. The third-order valence-electron chi connectivity index (χ3n) is 4.09. The van der Waals surface area contributed by atoms with Crippen molar-refractivity contribution in [3.05, 3.63) is 58.8 Å². The van der Waals surface area contributed by atoms with E-state index >= 15 is 0 Å². The second-order valence-electron chi connectivity index (χ2n) is 5.96. The molecule has 1 atom stereocenters. The monoisotopic (exact) mass is 387 g/mol. The van der Waals surface area contributed by atoms with Gasteiger partial charge in [-0.05, 0) is 56.3 Å². The number of halogens is 1. The molecule has 27 heavy (non-hydrogen) atoms. The molecular formula is C20H18ClNO5. The molecule has 1 heterocycles. The highest BCUT2D eigenvalue weighted by Gasteiger charge is 2.24. The van der Waals surface area contributed by atoms with Crippen molar-refractivity contribution in [2.45, 2.75) is 20.0 Å². The van der Waals surface area contributed by atoms with E-state index in [1.54, 1.807) is 56.5 Å². The highest BCUT2D eigenvalue weighted by atomic mass is 35.5. The van der Waals surface area contributed by atoms with Crippen molar-refractivity contribution >= 4 is 40.1 Å². The van der Waals surface area contributed by atoms with Crippen LogP contribution >= 0.6 is 11.6 Å². The van der Waals surface area contributed by atoms with Gasteiger partial charge < -0.3 is 19.2 Å². The number of benzene rings is 2. The fourth-order valence-electron chi connectivity index (χ4n) is 2.57. The van der Waals surface area contributed by atoms with E-state index < -0.39 is 18.0 Å². The summed E-state index contributed by atoms with van der Waals surface area (Å²) in [6, 6.07) is 11.9. The Bertz CT molecular complexity index is 994. The molecule has 0 bridgehead atoms. The Balaban J connectivity index is 1.69. The molecular weight excluding hydrogens is 370 g/mol. The first-order chi connectivity index (χ1) is 12.9. The van der Waals surface area contributed by atoms with Gasteiger partial charge in [0, 0.05) is 21.7 Å². The number of anilines is 1. The molecule has 2 aromatic carbocycles. The van der Waals surface area contributed by atoms with Crippen molar-refractivity contribution in [2.24, 2.45) is 0 Å². The average molecular weight is 388 g/mol. The number of methoxy groups -OCH3 is 1. The summed E-state index contributed by atoms with van der Waals surface area (Å²) in [4.78, 5) is 24.7. The van der Waals surface area contributed by atoms with Gasteiger partial charge in [0.25, 0.3) is 5.91 Å². The Labute approximate surface area is 161 Å². The first kappa shape index (κ1) is 18.8. The van der Waals surface area contributed by atoms with Gasteiger partial charge in [0.15, 0.2) is 6.10 Å². The van der Waals surface area contributed by atoms with Gasteiger partial charge in [0.1, 0.15) is 11.3 Å². The summed E-state index contributed by atoms with van der Waals surface area (Å²) in [6.45, 7) is 3.23. The molecule has 1 amide bonds. The molecule has 1 aromatic heterocycles. The van der Waals surface area contributed by atoms with E-state index in [0.717, 1.165) is 5.39 Å². The lowest BCUT2D eigenvalue weighted by molar-refractivity contribution is -0.123. The van der Waals surface area contributed by atoms with Crippen LogP contribution in [0.4, 0.5) is 5.69 Å². The number of hydrogen-bond donors (Lipinski definition) is 1. The van der Waals surface area contributed by atoms with Crippen LogP contribution in [0.5, 0.6) is 5.75 Å². The van der Waals surface area contributed by atoms with Crippen LogP contribution < -0.4 is 10.1 Å². The lowest BCUT2D eigenvalue weighted by atomic mass is 10.1. The molecule has 0 fully saturated rings. The van der Waals surface area contributed by atoms with Gasteiger partial charge in [0.2, 0.25) is 5.76 Å². The topological polar surface area (TPSA) is 77.8 Å². The van der Waals surface area contributed by atoms with Gasteiger partial charge in [-0.3, -0.25) is 4.79 Å². The maximum Gasteiger partial charge on any atom is 0.375 e. The van der Waals surface area contributed by atoms with Gasteiger partial charge in [0.05, 0.1) is 7.11 Å². The minimum atomic E-state index is -1.00. The van der Waals surface area contributed by atoms with Crippen molar-refractivity contribution in [1.29, 1.82) is 0 Å². The van der Waals surface area contributed by atoms with Crippen LogP contribution in [-0.4, -0.2) is 25.1 Å². The maximum atomic E-state index is 12.4.